The average molecular weight is 437 g/mol. The second-order valence-corrected chi connectivity index (χ2v) is 8.38. The van der Waals surface area contributed by atoms with E-state index < -0.39 is 11.9 Å². The van der Waals surface area contributed by atoms with Crippen molar-refractivity contribution < 1.29 is 14.3 Å². The minimum atomic E-state index is -0.460. The topological polar surface area (TPSA) is 120 Å². The van der Waals surface area contributed by atoms with E-state index in [0.29, 0.717) is 40.8 Å². The van der Waals surface area contributed by atoms with Crippen molar-refractivity contribution in [3.8, 4) is 22.6 Å². The number of rotatable bonds is 4. The number of nitrogens with zero attached hydrogens (tertiary/aromatic N) is 5. The normalized spacial score (nSPS) is 20.7. The Kier molecular flexibility index (Phi) is 5.30. The van der Waals surface area contributed by atoms with Crippen LogP contribution in [0, 0.1) is 18.7 Å². The number of amides is 1. The molecule has 2 aliphatic rings. The SMILES string of the molecule is Cc1cc(-c2ncn[nH]2)c(F)cc1-c1cnc2c(n1)N(CC1CCCCC1O)C(=O)CN2. The van der Waals surface area contributed by atoms with Gasteiger partial charge in [-0.15, -0.1) is 0 Å². The number of aliphatic hydroxyl groups excluding tert-OH is 1. The molecule has 1 aliphatic heterocycles. The third kappa shape index (κ3) is 3.70. The number of benzene rings is 1. The second-order valence-electron chi connectivity index (χ2n) is 8.38. The van der Waals surface area contributed by atoms with Crippen LogP contribution < -0.4 is 10.2 Å². The first-order chi connectivity index (χ1) is 15.5. The van der Waals surface area contributed by atoms with Gasteiger partial charge in [-0.2, -0.15) is 5.10 Å². The standard InChI is InChI=1S/C22H24FN7O2/c1-12-6-15(20-26-11-27-29-20)16(23)7-14(12)17-8-24-21-22(28-17)30(19(32)9-25-21)10-13-4-2-3-5-18(13)31/h6-8,11,13,18,31H,2-5,9-10H2,1H3,(H,24,25)(H,26,27,29). The monoisotopic (exact) mass is 437 g/mol. The number of hydrogen-bond donors (Lipinski definition) is 3. The Morgan fingerprint density at radius 1 is 1.22 bits per heavy atom. The zero-order valence-corrected chi connectivity index (χ0v) is 17.7. The van der Waals surface area contributed by atoms with Gasteiger partial charge in [0.25, 0.3) is 0 Å². The quantitative estimate of drug-likeness (QED) is 0.574. The average Bonchev–Trinajstić information content (AvgIpc) is 3.33. The lowest BCUT2D eigenvalue weighted by Crippen LogP contribution is -2.46. The van der Waals surface area contributed by atoms with Gasteiger partial charge in [-0.05, 0) is 37.5 Å². The lowest BCUT2D eigenvalue weighted by Gasteiger charge is -2.35. The molecule has 2 unspecified atom stereocenters. The van der Waals surface area contributed by atoms with Crippen LogP contribution in [0.3, 0.4) is 0 Å². The molecule has 1 aliphatic carbocycles. The molecular weight excluding hydrogens is 413 g/mol. The van der Waals surface area contributed by atoms with Gasteiger partial charge in [0.1, 0.15) is 12.1 Å². The van der Waals surface area contributed by atoms with Crippen molar-refractivity contribution in [1.29, 1.82) is 0 Å². The summed E-state index contributed by atoms with van der Waals surface area (Å²) >= 11 is 0. The Labute approximate surface area is 184 Å². The molecule has 1 saturated carbocycles. The highest BCUT2D eigenvalue weighted by Gasteiger charge is 2.32. The molecule has 3 N–H and O–H groups in total. The predicted molar refractivity (Wildman–Crippen MR) is 116 cm³/mol. The van der Waals surface area contributed by atoms with Gasteiger partial charge in [0, 0.05) is 18.0 Å². The van der Waals surface area contributed by atoms with E-state index in [1.165, 1.54) is 12.4 Å². The summed E-state index contributed by atoms with van der Waals surface area (Å²) in [5.74, 6) is 0.694. The molecule has 1 fully saturated rings. The molecule has 166 valence electrons. The van der Waals surface area contributed by atoms with Gasteiger partial charge in [-0.3, -0.25) is 14.8 Å². The van der Waals surface area contributed by atoms with Crippen LogP contribution in [0.25, 0.3) is 22.6 Å². The molecule has 1 amide bonds. The van der Waals surface area contributed by atoms with E-state index in [4.69, 9.17) is 4.98 Å². The van der Waals surface area contributed by atoms with E-state index in [1.807, 2.05) is 6.92 Å². The van der Waals surface area contributed by atoms with Crippen LogP contribution in [0.15, 0.2) is 24.7 Å². The zero-order valence-electron chi connectivity index (χ0n) is 17.7. The summed E-state index contributed by atoms with van der Waals surface area (Å²) in [4.78, 5) is 27.5. The van der Waals surface area contributed by atoms with Crippen molar-refractivity contribution >= 4 is 17.5 Å². The maximum absolute atomic E-state index is 14.9. The molecule has 9 nitrogen and oxygen atoms in total. The van der Waals surface area contributed by atoms with Gasteiger partial charge < -0.3 is 10.4 Å². The first-order valence-corrected chi connectivity index (χ1v) is 10.8. The molecule has 1 aromatic carbocycles. The van der Waals surface area contributed by atoms with Crippen molar-refractivity contribution in [1.82, 2.24) is 25.1 Å². The highest BCUT2D eigenvalue weighted by atomic mass is 19.1. The van der Waals surface area contributed by atoms with Crippen molar-refractivity contribution in [2.45, 2.75) is 38.7 Å². The third-order valence-electron chi connectivity index (χ3n) is 6.26. The van der Waals surface area contributed by atoms with E-state index in [0.717, 1.165) is 31.2 Å². The van der Waals surface area contributed by atoms with E-state index in [-0.39, 0.29) is 18.4 Å². The van der Waals surface area contributed by atoms with Crippen LogP contribution in [0.5, 0.6) is 0 Å². The number of aromatic nitrogens is 5. The fraction of sp³-hybridized carbons (Fsp3) is 0.409. The second kappa shape index (κ2) is 8.27. The van der Waals surface area contributed by atoms with Crippen molar-refractivity contribution in [2.75, 3.05) is 23.3 Å². The number of aromatic amines is 1. The number of aliphatic hydroxyl groups is 1. The minimum absolute atomic E-state index is 0.00414. The Morgan fingerprint density at radius 3 is 2.84 bits per heavy atom. The number of aryl methyl sites for hydroxylation is 1. The number of nitrogens with one attached hydrogen (secondary N) is 2. The molecule has 0 saturated heterocycles. The van der Waals surface area contributed by atoms with Gasteiger partial charge in [0.2, 0.25) is 5.91 Å². The van der Waals surface area contributed by atoms with Crippen molar-refractivity contribution in [3.05, 3.63) is 36.0 Å². The van der Waals surface area contributed by atoms with Crippen LogP contribution in [0.4, 0.5) is 16.0 Å². The number of anilines is 2. The Balaban J connectivity index is 1.50. The van der Waals surface area contributed by atoms with Crippen LogP contribution in [0.1, 0.15) is 31.2 Å². The summed E-state index contributed by atoms with van der Waals surface area (Å²) in [6.07, 6.45) is 6.14. The van der Waals surface area contributed by atoms with E-state index in [2.05, 4.69) is 25.5 Å². The molecule has 10 heteroatoms. The van der Waals surface area contributed by atoms with Gasteiger partial charge in [-0.25, -0.2) is 19.3 Å². The molecule has 0 radical (unpaired) electrons. The summed E-state index contributed by atoms with van der Waals surface area (Å²) in [7, 11) is 0. The number of fused-ring (bicyclic) bond motifs is 1. The van der Waals surface area contributed by atoms with E-state index in [9.17, 15) is 14.3 Å². The Bertz CT molecular complexity index is 1150. The Morgan fingerprint density at radius 2 is 2.06 bits per heavy atom. The number of carbonyl (C=O) groups is 1. The summed E-state index contributed by atoms with van der Waals surface area (Å²) in [6.45, 7) is 2.38. The van der Waals surface area contributed by atoms with E-state index in [1.54, 1.807) is 17.2 Å². The lowest BCUT2D eigenvalue weighted by molar-refractivity contribution is -0.117. The fourth-order valence-electron chi connectivity index (χ4n) is 4.49. The lowest BCUT2D eigenvalue weighted by atomic mass is 9.86. The first-order valence-electron chi connectivity index (χ1n) is 10.8. The highest BCUT2D eigenvalue weighted by molar-refractivity contribution is 6.01. The largest absolute Gasteiger partial charge is 0.393 e. The van der Waals surface area contributed by atoms with E-state index >= 15 is 0 Å². The first kappa shape index (κ1) is 20.5. The predicted octanol–water partition coefficient (Wildman–Crippen LogP) is 2.69. The molecule has 32 heavy (non-hydrogen) atoms. The molecule has 0 bridgehead atoms. The fourth-order valence-corrected chi connectivity index (χ4v) is 4.49. The van der Waals surface area contributed by atoms with Crippen LogP contribution in [-0.2, 0) is 4.79 Å². The molecular formula is C22H24FN7O2. The van der Waals surface area contributed by atoms with Crippen molar-refractivity contribution in [3.63, 3.8) is 0 Å². The summed E-state index contributed by atoms with van der Waals surface area (Å²) in [5.41, 5.74) is 2.16. The highest BCUT2D eigenvalue weighted by Crippen LogP contribution is 2.34. The van der Waals surface area contributed by atoms with Crippen LogP contribution in [-0.4, -0.2) is 55.4 Å². The molecule has 0 spiro atoms. The molecule has 5 rings (SSSR count). The Hall–Kier alpha value is -3.40. The third-order valence-corrected chi connectivity index (χ3v) is 6.26. The van der Waals surface area contributed by atoms with Gasteiger partial charge in [0.15, 0.2) is 17.5 Å². The smallest absolute Gasteiger partial charge is 0.247 e. The maximum Gasteiger partial charge on any atom is 0.247 e. The zero-order chi connectivity index (χ0) is 22.2. The maximum atomic E-state index is 14.9. The molecule has 2 atom stereocenters. The molecule has 2 aromatic heterocycles. The van der Waals surface area contributed by atoms with Gasteiger partial charge in [-0.1, -0.05) is 12.8 Å². The van der Waals surface area contributed by atoms with Crippen LogP contribution >= 0.6 is 0 Å². The summed E-state index contributed by atoms with van der Waals surface area (Å²) in [6, 6.07) is 3.09. The summed E-state index contributed by atoms with van der Waals surface area (Å²) < 4.78 is 14.9. The van der Waals surface area contributed by atoms with Gasteiger partial charge in [0.05, 0.1) is 30.1 Å². The minimum Gasteiger partial charge on any atom is -0.393 e. The van der Waals surface area contributed by atoms with Crippen molar-refractivity contribution in [2.24, 2.45) is 5.92 Å². The molecule has 3 aromatic rings. The number of carbonyl (C=O) groups excluding carboxylic acids is 1. The van der Waals surface area contributed by atoms with Crippen LogP contribution in [0.2, 0.25) is 0 Å². The number of halogens is 1. The number of hydrogen-bond acceptors (Lipinski definition) is 7. The number of H-pyrrole nitrogens is 1. The molecule has 3 heterocycles. The van der Waals surface area contributed by atoms with Gasteiger partial charge >= 0.3 is 0 Å². The summed E-state index contributed by atoms with van der Waals surface area (Å²) in [5, 5.41) is 19.8.